The number of hydrogen-bond donors (Lipinski definition) is 3. The van der Waals surface area contributed by atoms with Gasteiger partial charge in [0.1, 0.15) is 0 Å². The van der Waals surface area contributed by atoms with Crippen LogP contribution in [0.15, 0.2) is 63.8 Å². The molecule has 26 heavy (non-hydrogen) atoms. The fourth-order valence-corrected chi connectivity index (χ4v) is 1.70. The second-order valence-electron chi connectivity index (χ2n) is 4.44. The lowest BCUT2D eigenvalue weighted by Crippen LogP contribution is -2.26. The maximum Gasteiger partial charge on any atom is 0.291 e. The highest BCUT2D eigenvalue weighted by Crippen LogP contribution is 2.08. The van der Waals surface area contributed by atoms with Crippen molar-refractivity contribution in [3.8, 4) is 0 Å². The minimum Gasteiger partial charge on any atom is -0.367 e. The van der Waals surface area contributed by atoms with Gasteiger partial charge in [-0.05, 0) is 35.4 Å². The smallest absolute Gasteiger partial charge is 0.291 e. The first kappa shape index (κ1) is 20.9. The summed E-state index contributed by atoms with van der Waals surface area (Å²) in [6.45, 7) is 0. The van der Waals surface area contributed by atoms with Crippen LogP contribution in [0.25, 0.3) is 0 Å². The molecule has 2 aromatic rings. The van der Waals surface area contributed by atoms with Crippen LogP contribution in [0.4, 0.5) is 0 Å². The molecule has 0 radical (unpaired) electrons. The normalized spacial score (nSPS) is 11.2. The maximum absolute atomic E-state index is 8.36. The predicted molar refractivity (Wildman–Crippen MR) is 102 cm³/mol. The highest BCUT2D eigenvalue weighted by molar-refractivity contribution is 6.30. The van der Waals surface area contributed by atoms with E-state index in [9.17, 15) is 0 Å². The van der Waals surface area contributed by atoms with E-state index in [1.54, 1.807) is 36.7 Å². The predicted octanol–water partition coefficient (Wildman–Crippen LogP) is 2.92. The van der Waals surface area contributed by atoms with Gasteiger partial charge in [-0.1, -0.05) is 47.5 Å². The van der Waals surface area contributed by atoms with Gasteiger partial charge in [0.05, 0.1) is 12.4 Å². The minimum atomic E-state index is -1.50. The number of nitrogens with zero attached hydrogens (tertiary/aromatic N) is 4. The molecule has 0 aliphatic rings. The molecule has 136 valence electrons. The van der Waals surface area contributed by atoms with Gasteiger partial charge in [-0.25, -0.2) is 5.43 Å². The monoisotopic (exact) mass is 396 g/mol. The van der Waals surface area contributed by atoms with Crippen LogP contribution in [0, 0.1) is 10.1 Å². The highest BCUT2D eigenvalue weighted by Gasteiger charge is 1.90. The molecule has 0 heterocycles. The number of halogens is 2. The molecule has 0 unspecified atom stereocenters. The van der Waals surface area contributed by atoms with Crippen molar-refractivity contribution in [3.63, 3.8) is 0 Å². The number of hydrogen-bond acceptors (Lipinski definition) is 5. The van der Waals surface area contributed by atoms with Gasteiger partial charge in [0.2, 0.25) is 5.96 Å². The molecule has 0 atom stereocenters. The molecule has 2 aromatic carbocycles. The number of nitrogens with one attached hydrogen (secondary N) is 1. The Morgan fingerprint density at radius 1 is 1.04 bits per heavy atom. The van der Waals surface area contributed by atoms with E-state index in [1.807, 2.05) is 24.3 Å². The molecular formula is C15H14Cl2N6O3. The summed E-state index contributed by atoms with van der Waals surface area (Å²) >= 11 is 11.6. The molecule has 0 saturated carbocycles. The molecule has 4 N–H and O–H groups in total. The maximum atomic E-state index is 8.36. The van der Waals surface area contributed by atoms with E-state index in [-0.39, 0.29) is 5.96 Å². The van der Waals surface area contributed by atoms with Crippen molar-refractivity contribution in [1.82, 2.24) is 5.43 Å². The molecule has 11 heteroatoms. The van der Waals surface area contributed by atoms with Crippen LogP contribution >= 0.6 is 23.2 Å². The standard InChI is InChI=1S/C15H13Cl2N5.HNO3/c16-13-5-1-11(2-6-13)9-19-21-15(18)22-20-10-12-3-7-14(17)8-4-12;2-1(3)4/h1-10H,(H3,18,21,22);(H,2,3,4). The van der Waals surface area contributed by atoms with Crippen molar-refractivity contribution in [1.29, 1.82) is 0 Å². The summed E-state index contributed by atoms with van der Waals surface area (Å²) in [5, 5.41) is 26.5. The molecule has 2 rings (SSSR count). The van der Waals surface area contributed by atoms with E-state index in [4.69, 9.17) is 44.3 Å². The zero-order valence-electron chi connectivity index (χ0n) is 13.2. The summed E-state index contributed by atoms with van der Waals surface area (Å²) in [5.41, 5.74) is 9.94. The second kappa shape index (κ2) is 11.4. The Balaban J connectivity index is 0.000000765. The largest absolute Gasteiger partial charge is 0.367 e. The lowest BCUT2D eigenvalue weighted by Gasteiger charge is -1.96. The van der Waals surface area contributed by atoms with Gasteiger partial charge >= 0.3 is 0 Å². The fraction of sp³-hybridized carbons (Fsp3) is 0. The summed E-state index contributed by atoms with van der Waals surface area (Å²) in [4.78, 5) is 8.36. The van der Waals surface area contributed by atoms with Crippen LogP contribution in [0.2, 0.25) is 10.0 Å². The van der Waals surface area contributed by atoms with Crippen LogP contribution in [-0.2, 0) is 0 Å². The van der Waals surface area contributed by atoms with Crippen molar-refractivity contribution in [2.45, 2.75) is 0 Å². The number of hydrazone groups is 1. The van der Waals surface area contributed by atoms with Crippen LogP contribution in [-0.4, -0.2) is 28.7 Å². The SMILES string of the molecule is NC(=NN=Cc1ccc(Cl)cc1)NN=Cc1ccc(Cl)cc1.O=[N+]([O-])O. The molecule has 0 aromatic heterocycles. The third-order valence-corrected chi connectivity index (χ3v) is 3.01. The summed E-state index contributed by atoms with van der Waals surface area (Å²) in [6, 6.07) is 14.4. The van der Waals surface area contributed by atoms with Gasteiger partial charge < -0.3 is 10.9 Å². The Kier molecular flexibility index (Phi) is 9.15. The van der Waals surface area contributed by atoms with Gasteiger partial charge in [-0.3, -0.25) is 0 Å². The van der Waals surface area contributed by atoms with Crippen molar-refractivity contribution in [2.75, 3.05) is 0 Å². The van der Waals surface area contributed by atoms with Crippen LogP contribution in [0.1, 0.15) is 11.1 Å². The van der Waals surface area contributed by atoms with Gasteiger partial charge in [0.15, 0.2) is 0 Å². The van der Waals surface area contributed by atoms with E-state index in [1.165, 1.54) is 0 Å². The van der Waals surface area contributed by atoms with E-state index in [0.717, 1.165) is 11.1 Å². The van der Waals surface area contributed by atoms with Gasteiger partial charge in [0, 0.05) is 10.0 Å². The highest BCUT2D eigenvalue weighted by atomic mass is 35.5. The van der Waals surface area contributed by atoms with Crippen LogP contribution in [0.5, 0.6) is 0 Å². The second-order valence-corrected chi connectivity index (χ2v) is 5.31. The van der Waals surface area contributed by atoms with Crippen LogP contribution in [0.3, 0.4) is 0 Å². The van der Waals surface area contributed by atoms with E-state index < -0.39 is 5.09 Å². The first-order valence-electron chi connectivity index (χ1n) is 6.87. The average Bonchev–Trinajstić information content (AvgIpc) is 2.58. The van der Waals surface area contributed by atoms with Crippen molar-refractivity contribution >= 4 is 41.6 Å². The van der Waals surface area contributed by atoms with Gasteiger partial charge in [0.25, 0.3) is 5.09 Å². The fourth-order valence-electron chi connectivity index (χ4n) is 1.45. The number of guanidine groups is 1. The first-order valence-corrected chi connectivity index (χ1v) is 7.62. The van der Waals surface area contributed by atoms with Gasteiger partial charge in [-0.2, -0.15) is 10.2 Å². The summed E-state index contributed by atoms with van der Waals surface area (Å²) in [6.07, 6.45) is 3.16. The van der Waals surface area contributed by atoms with Crippen molar-refractivity contribution < 1.29 is 10.3 Å². The third kappa shape index (κ3) is 9.85. The Hall–Kier alpha value is -3.17. The molecule has 0 spiro atoms. The first-order chi connectivity index (χ1) is 12.4. The zero-order chi connectivity index (χ0) is 19.4. The minimum absolute atomic E-state index is 0.0791. The molecule has 0 saturated heterocycles. The van der Waals surface area contributed by atoms with Gasteiger partial charge in [-0.15, -0.1) is 15.2 Å². The van der Waals surface area contributed by atoms with Crippen molar-refractivity contribution in [3.05, 3.63) is 79.8 Å². The molecule has 9 nitrogen and oxygen atoms in total. The average molecular weight is 397 g/mol. The topological polar surface area (TPSA) is 138 Å². The number of benzene rings is 2. The Morgan fingerprint density at radius 3 is 1.92 bits per heavy atom. The Bertz CT molecular complexity index is 788. The summed E-state index contributed by atoms with van der Waals surface area (Å²) < 4.78 is 0. The lowest BCUT2D eigenvalue weighted by atomic mass is 10.2. The van der Waals surface area contributed by atoms with Crippen molar-refractivity contribution in [2.24, 2.45) is 21.0 Å². The van der Waals surface area contributed by atoms with E-state index in [0.29, 0.717) is 10.0 Å². The quantitative estimate of drug-likeness (QED) is 0.315. The molecule has 0 amide bonds. The molecular weight excluding hydrogens is 383 g/mol. The third-order valence-electron chi connectivity index (χ3n) is 2.51. The zero-order valence-corrected chi connectivity index (χ0v) is 14.7. The van der Waals surface area contributed by atoms with E-state index in [2.05, 4.69) is 20.7 Å². The molecule has 0 fully saturated rings. The number of nitrogens with two attached hydrogens (primary N) is 1. The molecule has 0 bridgehead atoms. The Labute approximate surface area is 158 Å². The lowest BCUT2D eigenvalue weighted by molar-refractivity contribution is -0.742. The molecule has 0 aliphatic heterocycles. The van der Waals surface area contributed by atoms with Crippen LogP contribution < -0.4 is 11.2 Å². The summed E-state index contributed by atoms with van der Waals surface area (Å²) in [5.74, 6) is 0.0791. The Morgan fingerprint density at radius 2 is 1.46 bits per heavy atom. The molecule has 0 aliphatic carbocycles. The number of rotatable bonds is 4. The van der Waals surface area contributed by atoms with E-state index >= 15 is 0 Å². The summed E-state index contributed by atoms with van der Waals surface area (Å²) in [7, 11) is 0.